The molecule has 1 amide bonds. The lowest BCUT2D eigenvalue weighted by atomic mass is 10.1. The summed E-state index contributed by atoms with van der Waals surface area (Å²) in [6.45, 7) is 1.45. The number of nitriles is 2. The van der Waals surface area contributed by atoms with E-state index in [2.05, 4.69) is 22.2 Å². The van der Waals surface area contributed by atoms with Gasteiger partial charge in [0.1, 0.15) is 5.69 Å². The van der Waals surface area contributed by atoms with Crippen LogP contribution in [0.5, 0.6) is 0 Å². The summed E-state index contributed by atoms with van der Waals surface area (Å²) in [6, 6.07) is 9.01. The molecule has 1 fully saturated rings. The maximum atomic E-state index is 13.0. The van der Waals surface area contributed by atoms with Crippen LogP contribution in [0.1, 0.15) is 28.0 Å². The van der Waals surface area contributed by atoms with E-state index in [4.69, 9.17) is 10.00 Å². The molecular formula is C20H18N6O2. The second-order valence-electron chi connectivity index (χ2n) is 6.93. The molecule has 1 saturated heterocycles. The Bertz CT molecular complexity index is 1010. The maximum Gasteiger partial charge on any atom is 0.273 e. The van der Waals surface area contributed by atoms with Gasteiger partial charge in [0.05, 0.1) is 41.7 Å². The molecule has 0 bridgehead atoms. The normalized spacial score (nSPS) is 20.8. The van der Waals surface area contributed by atoms with Crippen molar-refractivity contribution in [2.24, 2.45) is 0 Å². The highest BCUT2D eigenvalue weighted by Crippen LogP contribution is 2.31. The molecule has 0 saturated carbocycles. The highest BCUT2D eigenvalue weighted by atomic mass is 16.5. The summed E-state index contributed by atoms with van der Waals surface area (Å²) in [6.07, 6.45) is 4.45. The van der Waals surface area contributed by atoms with Crippen LogP contribution in [-0.4, -0.2) is 58.0 Å². The third-order valence-electron chi connectivity index (χ3n) is 5.26. The van der Waals surface area contributed by atoms with Crippen LogP contribution >= 0.6 is 0 Å². The smallest absolute Gasteiger partial charge is 0.273 e. The SMILES string of the molecule is COC[C@@H]1C[C@@H](N2Cc3ccc(-c4cc(C#N)ccn4)nc3C2=O)CN1C#N. The van der Waals surface area contributed by atoms with Crippen LogP contribution in [0, 0.1) is 22.8 Å². The predicted molar refractivity (Wildman–Crippen MR) is 98.4 cm³/mol. The van der Waals surface area contributed by atoms with Crippen molar-refractivity contribution in [2.45, 2.75) is 25.0 Å². The van der Waals surface area contributed by atoms with E-state index in [-0.39, 0.29) is 18.0 Å². The van der Waals surface area contributed by atoms with Crippen molar-refractivity contribution in [2.75, 3.05) is 20.3 Å². The standard InChI is InChI=1S/C20H18N6O2/c1-28-11-16-7-15(10-25(16)12-22)26-9-14-2-3-17(24-19(14)20(26)27)18-6-13(8-21)4-5-23-18/h2-6,15-16H,7,9-11H2,1H3/t15-,16+/m1/s1. The van der Waals surface area contributed by atoms with E-state index in [1.54, 1.807) is 35.2 Å². The summed E-state index contributed by atoms with van der Waals surface area (Å²) in [5, 5.41) is 18.4. The zero-order valence-corrected chi connectivity index (χ0v) is 15.4. The number of pyridine rings is 2. The van der Waals surface area contributed by atoms with Gasteiger partial charge < -0.3 is 14.5 Å². The molecule has 28 heavy (non-hydrogen) atoms. The Labute approximate surface area is 162 Å². The van der Waals surface area contributed by atoms with Gasteiger partial charge in [-0.25, -0.2) is 4.98 Å². The topological polar surface area (TPSA) is 106 Å². The maximum absolute atomic E-state index is 13.0. The Morgan fingerprint density at radius 1 is 1.29 bits per heavy atom. The number of hydrogen-bond donors (Lipinski definition) is 0. The molecule has 0 unspecified atom stereocenters. The zero-order valence-electron chi connectivity index (χ0n) is 15.4. The Morgan fingerprint density at radius 3 is 2.89 bits per heavy atom. The number of carbonyl (C=O) groups excluding carboxylic acids is 1. The van der Waals surface area contributed by atoms with Gasteiger partial charge in [-0.3, -0.25) is 9.78 Å². The molecule has 2 atom stereocenters. The van der Waals surface area contributed by atoms with Crippen molar-refractivity contribution in [3.05, 3.63) is 47.3 Å². The lowest BCUT2D eigenvalue weighted by molar-refractivity contribution is 0.0705. The van der Waals surface area contributed by atoms with E-state index in [1.165, 1.54) is 0 Å². The number of nitrogens with zero attached hydrogens (tertiary/aromatic N) is 6. The van der Waals surface area contributed by atoms with Crippen molar-refractivity contribution in [3.8, 4) is 23.7 Å². The number of methoxy groups -OCH3 is 1. The first-order valence-electron chi connectivity index (χ1n) is 8.97. The van der Waals surface area contributed by atoms with Crippen molar-refractivity contribution >= 4 is 5.91 Å². The molecule has 0 spiro atoms. The van der Waals surface area contributed by atoms with Gasteiger partial charge in [0, 0.05) is 32.0 Å². The van der Waals surface area contributed by atoms with Crippen LogP contribution in [0.4, 0.5) is 0 Å². The van der Waals surface area contributed by atoms with Crippen molar-refractivity contribution in [1.82, 2.24) is 19.8 Å². The first-order chi connectivity index (χ1) is 13.6. The van der Waals surface area contributed by atoms with Gasteiger partial charge in [0.15, 0.2) is 6.19 Å². The van der Waals surface area contributed by atoms with Crippen molar-refractivity contribution in [3.63, 3.8) is 0 Å². The van der Waals surface area contributed by atoms with Gasteiger partial charge in [0.25, 0.3) is 5.91 Å². The molecular weight excluding hydrogens is 356 g/mol. The van der Waals surface area contributed by atoms with Crippen LogP contribution in [-0.2, 0) is 11.3 Å². The first kappa shape index (κ1) is 17.9. The number of ether oxygens (including phenoxy) is 1. The number of amides is 1. The monoisotopic (exact) mass is 374 g/mol. The minimum absolute atomic E-state index is 0.0158. The number of carbonyl (C=O) groups is 1. The molecule has 8 heteroatoms. The third kappa shape index (κ3) is 3.04. The Hall–Kier alpha value is -3.49. The molecule has 4 rings (SSSR count). The van der Waals surface area contributed by atoms with E-state index in [1.807, 2.05) is 12.1 Å². The molecule has 4 heterocycles. The fourth-order valence-corrected chi connectivity index (χ4v) is 3.86. The lowest BCUT2D eigenvalue weighted by Gasteiger charge is -2.22. The molecule has 0 aliphatic carbocycles. The Morgan fingerprint density at radius 2 is 2.14 bits per heavy atom. The molecule has 2 aliphatic heterocycles. The second-order valence-corrected chi connectivity index (χ2v) is 6.93. The first-order valence-corrected chi connectivity index (χ1v) is 8.97. The number of fused-ring (bicyclic) bond motifs is 1. The largest absolute Gasteiger partial charge is 0.383 e. The van der Waals surface area contributed by atoms with E-state index < -0.39 is 0 Å². The lowest BCUT2D eigenvalue weighted by Crippen LogP contribution is -2.37. The summed E-state index contributed by atoms with van der Waals surface area (Å²) < 4.78 is 5.20. The van der Waals surface area contributed by atoms with E-state index >= 15 is 0 Å². The van der Waals surface area contributed by atoms with Crippen LogP contribution in [0.3, 0.4) is 0 Å². The molecule has 0 N–H and O–H groups in total. The highest BCUT2D eigenvalue weighted by molar-refractivity contribution is 5.97. The van der Waals surface area contributed by atoms with Crippen molar-refractivity contribution < 1.29 is 9.53 Å². The summed E-state index contributed by atoms with van der Waals surface area (Å²) in [5.74, 6) is -0.130. The Kier molecular flexibility index (Phi) is 4.64. The molecule has 2 aromatic heterocycles. The molecule has 2 aliphatic rings. The predicted octanol–water partition coefficient (Wildman–Crippen LogP) is 1.54. The van der Waals surface area contributed by atoms with Gasteiger partial charge in [-0.15, -0.1) is 0 Å². The number of likely N-dealkylation sites (tertiary alicyclic amines) is 1. The number of rotatable bonds is 4. The van der Waals surface area contributed by atoms with Crippen LogP contribution in [0.2, 0.25) is 0 Å². The Balaban J connectivity index is 1.58. The molecule has 2 aromatic rings. The van der Waals surface area contributed by atoms with E-state index in [9.17, 15) is 10.1 Å². The van der Waals surface area contributed by atoms with Gasteiger partial charge in [-0.2, -0.15) is 10.5 Å². The number of hydrogen-bond acceptors (Lipinski definition) is 7. The molecule has 0 aromatic carbocycles. The van der Waals surface area contributed by atoms with Gasteiger partial charge in [-0.1, -0.05) is 6.07 Å². The average Bonchev–Trinajstić information content (AvgIpc) is 3.28. The zero-order chi connectivity index (χ0) is 19.7. The average molecular weight is 374 g/mol. The molecule has 8 nitrogen and oxygen atoms in total. The van der Waals surface area contributed by atoms with Gasteiger partial charge in [0.2, 0.25) is 0 Å². The summed E-state index contributed by atoms with van der Waals surface area (Å²) in [4.78, 5) is 25.3. The quantitative estimate of drug-likeness (QED) is 0.747. The fraction of sp³-hybridized carbons (Fsp3) is 0.350. The summed E-state index contributed by atoms with van der Waals surface area (Å²) in [7, 11) is 1.61. The number of aromatic nitrogens is 2. The summed E-state index contributed by atoms with van der Waals surface area (Å²) in [5.41, 5.74) is 2.90. The fourth-order valence-electron chi connectivity index (χ4n) is 3.86. The van der Waals surface area contributed by atoms with Gasteiger partial charge >= 0.3 is 0 Å². The van der Waals surface area contributed by atoms with Gasteiger partial charge in [-0.05, 0) is 24.6 Å². The van der Waals surface area contributed by atoms with E-state index in [0.29, 0.717) is 48.8 Å². The third-order valence-corrected chi connectivity index (χ3v) is 5.26. The van der Waals surface area contributed by atoms with E-state index in [0.717, 1.165) is 5.56 Å². The second kappa shape index (κ2) is 7.26. The van der Waals surface area contributed by atoms with Crippen LogP contribution in [0.15, 0.2) is 30.5 Å². The van der Waals surface area contributed by atoms with Crippen LogP contribution < -0.4 is 0 Å². The summed E-state index contributed by atoms with van der Waals surface area (Å²) >= 11 is 0. The van der Waals surface area contributed by atoms with Crippen molar-refractivity contribution in [1.29, 1.82) is 10.5 Å². The minimum atomic E-state index is -0.130. The highest BCUT2D eigenvalue weighted by Gasteiger charge is 2.41. The van der Waals surface area contributed by atoms with Crippen LogP contribution in [0.25, 0.3) is 11.4 Å². The molecule has 140 valence electrons. The molecule has 0 radical (unpaired) electrons. The minimum Gasteiger partial charge on any atom is -0.383 e.